The van der Waals surface area contributed by atoms with Crippen LogP contribution in [0.3, 0.4) is 0 Å². The van der Waals surface area contributed by atoms with Crippen LogP contribution in [-0.4, -0.2) is 25.2 Å². The van der Waals surface area contributed by atoms with Gasteiger partial charge in [-0.1, -0.05) is 12.1 Å². The Hall–Kier alpha value is -1.58. The van der Waals surface area contributed by atoms with E-state index in [1.165, 1.54) is 6.07 Å². The molecule has 100 valence electrons. The number of carbonyl (C=O) groups is 1. The molecule has 0 aliphatic carbocycles. The molecule has 0 saturated carbocycles. The average Bonchev–Trinajstić information content (AvgIpc) is 2.24. The Morgan fingerprint density at radius 2 is 1.94 bits per heavy atom. The third-order valence-electron chi connectivity index (χ3n) is 2.34. The molecule has 0 spiro atoms. The van der Waals surface area contributed by atoms with Crippen molar-refractivity contribution in [3.63, 3.8) is 0 Å². The Morgan fingerprint density at radius 1 is 1.33 bits per heavy atom. The first-order chi connectivity index (χ1) is 8.29. The van der Waals surface area contributed by atoms with Crippen LogP contribution in [0.5, 0.6) is 0 Å². The lowest BCUT2D eigenvalue weighted by atomic mass is 10.2. The Bertz CT molecular complexity index is 413. The molecule has 0 heterocycles. The third-order valence-corrected chi connectivity index (χ3v) is 2.34. The van der Waals surface area contributed by atoms with Gasteiger partial charge in [0.2, 0.25) is 0 Å². The molecule has 0 bridgehead atoms. The molecule has 1 rings (SSSR count). The summed E-state index contributed by atoms with van der Waals surface area (Å²) in [5.41, 5.74) is 0.00857. The van der Waals surface area contributed by atoms with Gasteiger partial charge >= 0.3 is 5.97 Å². The van der Waals surface area contributed by atoms with E-state index in [2.05, 4.69) is 0 Å². The molecule has 0 atom stereocenters. The van der Waals surface area contributed by atoms with E-state index in [1.54, 1.807) is 30.1 Å². The van der Waals surface area contributed by atoms with Crippen molar-refractivity contribution in [3.8, 4) is 0 Å². The highest BCUT2D eigenvalue weighted by Crippen LogP contribution is 2.17. The minimum absolute atomic E-state index is 0.238. The van der Waals surface area contributed by atoms with Crippen LogP contribution in [0.25, 0.3) is 0 Å². The van der Waals surface area contributed by atoms with Gasteiger partial charge in [0.25, 0.3) is 0 Å². The van der Waals surface area contributed by atoms with E-state index in [4.69, 9.17) is 4.74 Å². The zero-order valence-corrected chi connectivity index (χ0v) is 11.4. The molecule has 0 saturated heterocycles. The first-order valence-electron chi connectivity index (χ1n) is 5.97. The molecule has 0 amide bonds. The predicted molar refractivity (Wildman–Crippen MR) is 70.1 cm³/mol. The number of carbonyl (C=O) groups excluding carboxylic acids is 1. The van der Waals surface area contributed by atoms with Gasteiger partial charge in [-0.15, -0.1) is 0 Å². The standard InChI is InChI=1S/C14H20FNO2/c1-14(2,3)18-13(17)9-10-16(4)12-8-6-5-7-11(12)15/h5-8H,9-10H2,1-4H3. The number of ether oxygens (including phenoxy) is 1. The van der Waals surface area contributed by atoms with Crippen LogP contribution in [0.2, 0.25) is 0 Å². The zero-order chi connectivity index (χ0) is 13.8. The maximum Gasteiger partial charge on any atom is 0.308 e. The van der Waals surface area contributed by atoms with E-state index in [1.807, 2.05) is 20.8 Å². The van der Waals surface area contributed by atoms with Gasteiger partial charge in [0.1, 0.15) is 11.4 Å². The molecule has 1 aromatic rings. The van der Waals surface area contributed by atoms with Crippen molar-refractivity contribution in [1.82, 2.24) is 0 Å². The maximum absolute atomic E-state index is 13.5. The molecule has 4 heteroatoms. The van der Waals surface area contributed by atoms with E-state index < -0.39 is 5.60 Å². The van der Waals surface area contributed by atoms with Crippen LogP contribution in [0.4, 0.5) is 10.1 Å². The summed E-state index contributed by atoms with van der Waals surface area (Å²) in [6.07, 6.45) is 0.238. The minimum atomic E-state index is -0.479. The monoisotopic (exact) mass is 253 g/mol. The van der Waals surface area contributed by atoms with Gasteiger partial charge in [-0.05, 0) is 32.9 Å². The summed E-state index contributed by atoms with van der Waals surface area (Å²) in [6.45, 7) is 5.90. The molecule has 0 aromatic heterocycles. The molecule has 0 radical (unpaired) electrons. The number of halogens is 1. The number of hydrogen-bond acceptors (Lipinski definition) is 3. The predicted octanol–water partition coefficient (Wildman–Crippen LogP) is 2.99. The van der Waals surface area contributed by atoms with E-state index >= 15 is 0 Å². The van der Waals surface area contributed by atoms with Crippen LogP contribution in [0, 0.1) is 5.82 Å². The lowest BCUT2D eigenvalue weighted by Gasteiger charge is -2.22. The quantitative estimate of drug-likeness (QED) is 0.773. The molecule has 0 unspecified atom stereocenters. The SMILES string of the molecule is CN(CCC(=O)OC(C)(C)C)c1ccccc1F. The van der Waals surface area contributed by atoms with Crippen molar-refractivity contribution in [3.05, 3.63) is 30.1 Å². The Balaban J connectivity index is 2.49. The van der Waals surface area contributed by atoms with Crippen molar-refractivity contribution in [2.24, 2.45) is 0 Å². The van der Waals surface area contributed by atoms with E-state index in [0.717, 1.165) is 0 Å². The molecule has 0 aliphatic heterocycles. The summed E-state index contributed by atoms with van der Waals surface area (Å²) in [5, 5.41) is 0. The summed E-state index contributed by atoms with van der Waals surface area (Å²) in [5.74, 6) is -0.560. The van der Waals surface area contributed by atoms with Crippen molar-refractivity contribution in [2.75, 3.05) is 18.5 Å². The highest BCUT2D eigenvalue weighted by atomic mass is 19.1. The van der Waals surface area contributed by atoms with Crippen LogP contribution < -0.4 is 4.90 Å². The second-order valence-electron chi connectivity index (χ2n) is 5.21. The van der Waals surface area contributed by atoms with E-state index in [0.29, 0.717) is 12.2 Å². The summed E-state index contributed by atoms with van der Waals surface area (Å²) in [4.78, 5) is 13.2. The number of anilines is 1. The van der Waals surface area contributed by atoms with Gasteiger partial charge in [0, 0.05) is 13.6 Å². The number of nitrogens with zero attached hydrogens (tertiary/aromatic N) is 1. The lowest BCUT2D eigenvalue weighted by molar-refractivity contribution is -0.154. The highest BCUT2D eigenvalue weighted by molar-refractivity contribution is 5.70. The van der Waals surface area contributed by atoms with Gasteiger partial charge in [0.05, 0.1) is 12.1 Å². The fraction of sp³-hybridized carbons (Fsp3) is 0.500. The summed E-state index contributed by atoms with van der Waals surface area (Å²) in [6, 6.07) is 6.49. The van der Waals surface area contributed by atoms with Crippen LogP contribution in [0.1, 0.15) is 27.2 Å². The van der Waals surface area contributed by atoms with Crippen LogP contribution >= 0.6 is 0 Å². The normalized spacial score (nSPS) is 11.2. The molecule has 3 nitrogen and oxygen atoms in total. The number of benzene rings is 1. The highest BCUT2D eigenvalue weighted by Gasteiger charge is 2.17. The fourth-order valence-electron chi connectivity index (χ4n) is 1.53. The van der Waals surface area contributed by atoms with Crippen molar-refractivity contribution in [2.45, 2.75) is 32.8 Å². The molecule has 1 aromatic carbocycles. The van der Waals surface area contributed by atoms with Crippen LogP contribution in [-0.2, 0) is 9.53 Å². The summed E-state index contributed by atoms with van der Waals surface area (Å²) < 4.78 is 18.7. The van der Waals surface area contributed by atoms with Crippen LogP contribution in [0.15, 0.2) is 24.3 Å². The number of hydrogen-bond donors (Lipinski definition) is 0. The number of esters is 1. The molecule has 18 heavy (non-hydrogen) atoms. The Morgan fingerprint density at radius 3 is 2.50 bits per heavy atom. The average molecular weight is 253 g/mol. The Kier molecular flexibility index (Phi) is 4.70. The molecular formula is C14H20FNO2. The largest absolute Gasteiger partial charge is 0.460 e. The summed E-state index contributed by atoms with van der Waals surface area (Å²) in [7, 11) is 1.75. The molecule has 0 N–H and O–H groups in total. The molecular weight excluding hydrogens is 233 g/mol. The fourth-order valence-corrected chi connectivity index (χ4v) is 1.53. The minimum Gasteiger partial charge on any atom is -0.460 e. The van der Waals surface area contributed by atoms with Gasteiger partial charge in [0.15, 0.2) is 0 Å². The molecule has 0 fully saturated rings. The third kappa shape index (κ3) is 4.73. The first kappa shape index (κ1) is 14.5. The number of para-hydroxylation sites is 1. The van der Waals surface area contributed by atoms with E-state index in [-0.39, 0.29) is 18.2 Å². The Labute approximate surface area is 108 Å². The second-order valence-corrected chi connectivity index (χ2v) is 5.21. The van der Waals surface area contributed by atoms with Crippen molar-refractivity contribution < 1.29 is 13.9 Å². The smallest absolute Gasteiger partial charge is 0.308 e. The topological polar surface area (TPSA) is 29.5 Å². The summed E-state index contributed by atoms with van der Waals surface area (Å²) >= 11 is 0. The zero-order valence-electron chi connectivity index (χ0n) is 11.4. The van der Waals surface area contributed by atoms with Gasteiger partial charge in [-0.3, -0.25) is 4.79 Å². The maximum atomic E-state index is 13.5. The lowest BCUT2D eigenvalue weighted by Crippen LogP contribution is -2.28. The van der Waals surface area contributed by atoms with Gasteiger partial charge < -0.3 is 9.64 Å². The van der Waals surface area contributed by atoms with Crippen molar-refractivity contribution >= 4 is 11.7 Å². The second kappa shape index (κ2) is 5.85. The number of rotatable bonds is 4. The van der Waals surface area contributed by atoms with Crippen molar-refractivity contribution in [1.29, 1.82) is 0 Å². The van der Waals surface area contributed by atoms with E-state index in [9.17, 15) is 9.18 Å². The first-order valence-corrected chi connectivity index (χ1v) is 5.97. The van der Waals surface area contributed by atoms with Gasteiger partial charge in [-0.2, -0.15) is 0 Å². The molecule has 0 aliphatic rings. The van der Waals surface area contributed by atoms with Gasteiger partial charge in [-0.25, -0.2) is 4.39 Å².